The average molecular weight is 236 g/mol. The van der Waals surface area contributed by atoms with E-state index in [-0.39, 0.29) is 11.6 Å². The molecule has 0 aromatic rings. The number of nitrogens with two attached hydrogens (primary N) is 1. The SMILES string of the molecule is CC#CCCC(N)C1(N(C)C)CCCCCC1. The van der Waals surface area contributed by atoms with Gasteiger partial charge < -0.3 is 10.6 Å². The fourth-order valence-corrected chi connectivity index (χ4v) is 3.11. The maximum atomic E-state index is 6.49. The van der Waals surface area contributed by atoms with Gasteiger partial charge in [-0.1, -0.05) is 25.7 Å². The summed E-state index contributed by atoms with van der Waals surface area (Å²) in [6.45, 7) is 1.90. The molecular weight excluding hydrogens is 208 g/mol. The summed E-state index contributed by atoms with van der Waals surface area (Å²) in [5.41, 5.74) is 6.70. The van der Waals surface area contributed by atoms with Crippen LogP contribution in [0.4, 0.5) is 0 Å². The number of nitrogens with zero attached hydrogens (tertiary/aromatic N) is 1. The molecule has 2 heteroatoms. The highest BCUT2D eigenvalue weighted by atomic mass is 15.2. The van der Waals surface area contributed by atoms with Crippen molar-refractivity contribution in [1.29, 1.82) is 0 Å². The molecular formula is C15H28N2. The first-order chi connectivity index (χ1) is 8.13. The van der Waals surface area contributed by atoms with Gasteiger partial charge in [-0.2, -0.15) is 0 Å². The molecule has 0 spiro atoms. The summed E-state index contributed by atoms with van der Waals surface area (Å²) in [7, 11) is 4.38. The molecule has 2 nitrogen and oxygen atoms in total. The van der Waals surface area contributed by atoms with E-state index in [1.165, 1.54) is 38.5 Å². The second-order valence-electron chi connectivity index (χ2n) is 5.48. The van der Waals surface area contributed by atoms with Crippen LogP contribution in [0.2, 0.25) is 0 Å². The Balaban J connectivity index is 2.69. The molecule has 0 amide bonds. The topological polar surface area (TPSA) is 29.3 Å². The van der Waals surface area contributed by atoms with Gasteiger partial charge in [0.1, 0.15) is 0 Å². The Morgan fingerprint density at radius 3 is 2.24 bits per heavy atom. The summed E-state index contributed by atoms with van der Waals surface area (Å²) in [6.07, 6.45) is 9.86. The molecule has 0 aromatic carbocycles. The maximum Gasteiger partial charge on any atom is 0.0354 e. The van der Waals surface area contributed by atoms with E-state index in [0.717, 1.165) is 12.8 Å². The third kappa shape index (κ3) is 3.72. The van der Waals surface area contributed by atoms with Crippen molar-refractivity contribution >= 4 is 0 Å². The Labute approximate surface area is 107 Å². The summed E-state index contributed by atoms with van der Waals surface area (Å²) in [5, 5.41) is 0. The standard InChI is InChI=1S/C15H28N2/c1-4-5-8-11-14(16)15(17(2)3)12-9-6-7-10-13-15/h14H,6-13,16H2,1-3H3. The van der Waals surface area contributed by atoms with E-state index < -0.39 is 0 Å². The van der Waals surface area contributed by atoms with Crippen molar-refractivity contribution in [2.24, 2.45) is 5.73 Å². The Hall–Kier alpha value is -0.520. The quantitative estimate of drug-likeness (QED) is 0.601. The average Bonchev–Trinajstić information content (AvgIpc) is 2.55. The van der Waals surface area contributed by atoms with Crippen molar-refractivity contribution in [3.8, 4) is 11.8 Å². The third-order valence-electron chi connectivity index (χ3n) is 4.31. The summed E-state index contributed by atoms with van der Waals surface area (Å²) in [6, 6.07) is 0.261. The lowest BCUT2D eigenvalue weighted by molar-refractivity contribution is 0.0938. The van der Waals surface area contributed by atoms with Crippen LogP contribution in [0.1, 0.15) is 58.3 Å². The molecule has 0 bridgehead atoms. The summed E-state index contributed by atoms with van der Waals surface area (Å²) >= 11 is 0. The molecule has 0 aromatic heterocycles. The van der Waals surface area contributed by atoms with Crippen molar-refractivity contribution in [1.82, 2.24) is 4.90 Å². The molecule has 0 radical (unpaired) electrons. The predicted octanol–water partition coefficient (Wildman–Crippen LogP) is 2.77. The van der Waals surface area contributed by atoms with Crippen molar-refractivity contribution in [3.63, 3.8) is 0 Å². The third-order valence-corrected chi connectivity index (χ3v) is 4.31. The Bertz CT molecular complexity index is 264. The highest BCUT2D eigenvalue weighted by Gasteiger charge is 2.38. The summed E-state index contributed by atoms with van der Waals surface area (Å²) < 4.78 is 0. The summed E-state index contributed by atoms with van der Waals surface area (Å²) in [4.78, 5) is 2.38. The van der Waals surface area contributed by atoms with E-state index in [4.69, 9.17) is 5.73 Å². The van der Waals surface area contributed by atoms with Gasteiger partial charge in [-0.15, -0.1) is 11.8 Å². The fraction of sp³-hybridized carbons (Fsp3) is 0.867. The molecule has 1 aliphatic rings. The van der Waals surface area contributed by atoms with Crippen LogP contribution in [0.3, 0.4) is 0 Å². The molecule has 1 aliphatic carbocycles. The Morgan fingerprint density at radius 1 is 1.18 bits per heavy atom. The normalized spacial score (nSPS) is 21.5. The molecule has 1 rings (SSSR count). The molecule has 1 unspecified atom stereocenters. The van der Waals surface area contributed by atoms with Crippen molar-refractivity contribution < 1.29 is 0 Å². The zero-order valence-corrected chi connectivity index (χ0v) is 11.8. The van der Waals surface area contributed by atoms with Gasteiger partial charge in [0.25, 0.3) is 0 Å². The van der Waals surface area contributed by atoms with Gasteiger partial charge in [0.15, 0.2) is 0 Å². The van der Waals surface area contributed by atoms with Gasteiger partial charge in [-0.05, 0) is 40.3 Å². The number of rotatable bonds is 4. The molecule has 0 aliphatic heterocycles. The Kier molecular flexibility index (Phi) is 6.02. The van der Waals surface area contributed by atoms with Gasteiger partial charge in [0.05, 0.1) is 0 Å². The van der Waals surface area contributed by atoms with E-state index in [0.29, 0.717) is 0 Å². The first kappa shape index (κ1) is 14.5. The van der Waals surface area contributed by atoms with Crippen LogP contribution in [0.25, 0.3) is 0 Å². The van der Waals surface area contributed by atoms with Crippen LogP contribution in [0.15, 0.2) is 0 Å². The predicted molar refractivity (Wildman–Crippen MR) is 74.8 cm³/mol. The van der Waals surface area contributed by atoms with Crippen molar-refractivity contribution in [2.75, 3.05) is 14.1 Å². The first-order valence-electron chi connectivity index (χ1n) is 6.96. The second-order valence-corrected chi connectivity index (χ2v) is 5.48. The van der Waals surface area contributed by atoms with Gasteiger partial charge in [0.2, 0.25) is 0 Å². The molecule has 0 saturated heterocycles. The minimum Gasteiger partial charge on any atom is -0.326 e. The van der Waals surface area contributed by atoms with Gasteiger partial charge in [-0.25, -0.2) is 0 Å². The van der Waals surface area contributed by atoms with Crippen LogP contribution in [0, 0.1) is 11.8 Å². The van der Waals surface area contributed by atoms with Crippen LogP contribution < -0.4 is 5.73 Å². The largest absolute Gasteiger partial charge is 0.326 e. The molecule has 1 atom stereocenters. The van der Waals surface area contributed by atoms with Gasteiger partial charge in [0, 0.05) is 18.0 Å². The lowest BCUT2D eigenvalue weighted by Gasteiger charge is -2.44. The summed E-state index contributed by atoms with van der Waals surface area (Å²) in [5.74, 6) is 6.10. The molecule has 1 saturated carbocycles. The smallest absolute Gasteiger partial charge is 0.0354 e. The first-order valence-corrected chi connectivity index (χ1v) is 6.96. The maximum absolute atomic E-state index is 6.49. The highest BCUT2D eigenvalue weighted by molar-refractivity contribution is 5.02. The van der Waals surface area contributed by atoms with Gasteiger partial charge >= 0.3 is 0 Å². The Morgan fingerprint density at radius 2 is 1.76 bits per heavy atom. The van der Waals surface area contributed by atoms with Crippen LogP contribution >= 0.6 is 0 Å². The lowest BCUT2D eigenvalue weighted by atomic mass is 9.80. The minimum absolute atomic E-state index is 0.214. The van der Waals surface area contributed by atoms with Gasteiger partial charge in [-0.3, -0.25) is 0 Å². The molecule has 98 valence electrons. The molecule has 1 fully saturated rings. The van der Waals surface area contributed by atoms with E-state index in [9.17, 15) is 0 Å². The van der Waals surface area contributed by atoms with E-state index in [1.807, 2.05) is 6.92 Å². The number of likely N-dealkylation sites (N-methyl/N-ethyl adjacent to an activating group) is 1. The monoisotopic (exact) mass is 236 g/mol. The number of hydrogen-bond donors (Lipinski definition) is 1. The number of hydrogen-bond acceptors (Lipinski definition) is 2. The fourth-order valence-electron chi connectivity index (χ4n) is 3.11. The van der Waals surface area contributed by atoms with Crippen molar-refractivity contribution in [3.05, 3.63) is 0 Å². The van der Waals surface area contributed by atoms with Crippen molar-refractivity contribution in [2.45, 2.75) is 69.9 Å². The molecule has 0 heterocycles. The minimum atomic E-state index is 0.214. The van der Waals surface area contributed by atoms with E-state index >= 15 is 0 Å². The zero-order chi connectivity index (χ0) is 12.7. The highest BCUT2D eigenvalue weighted by Crippen LogP contribution is 2.34. The second kappa shape index (κ2) is 7.03. The van der Waals surface area contributed by atoms with E-state index in [2.05, 4.69) is 30.8 Å². The van der Waals surface area contributed by atoms with Crippen LogP contribution in [0.5, 0.6) is 0 Å². The van der Waals surface area contributed by atoms with Crippen LogP contribution in [-0.2, 0) is 0 Å². The molecule has 2 N–H and O–H groups in total. The lowest BCUT2D eigenvalue weighted by Crippen LogP contribution is -2.57. The molecule has 17 heavy (non-hydrogen) atoms. The zero-order valence-electron chi connectivity index (χ0n) is 11.8. The van der Waals surface area contributed by atoms with E-state index in [1.54, 1.807) is 0 Å². The van der Waals surface area contributed by atoms with Crippen LogP contribution in [-0.4, -0.2) is 30.6 Å².